The third kappa shape index (κ3) is 3.30. The van der Waals surface area contributed by atoms with Crippen LogP contribution in [0.5, 0.6) is 0 Å². The van der Waals surface area contributed by atoms with E-state index in [4.69, 9.17) is 0 Å². The molecule has 96 valence electrons. The lowest BCUT2D eigenvalue weighted by atomic mass is 10.2. The first kappa shape index (κ1) is 12.6. The molecular weight excluding hydrogens is 214 g/mol. The third-order valence-electron chi connectivity index (χ3n) is 3.54. The van der Waals surface area contributed by atoms with Crippen LogP contribution in [0.2, 0.25) is 0 Å². The van der Waals surface area contributed by atoms with Gasteiger partial charge < -0.3 is 10.4 Å². The zero-order chi connectivity index (χ0) is 12.3. The average Bonchev–Trinajstić information content (AvgIpc) is 2.81. The molecule has 2 atom stereocenters. The molecule has 1 aliphatic rings. The van der Waals surface area contributed by atoms with Gasteiger partial charge in [-0.1, -0.05) is 0 Å². The first-order valence-corrected chi connectivity index (χ1v) is 6.59. The van der Waals surface area contributed by atoms with Gasteiger partial charge in [-0.2, -0.15) is 5.10 Å². The molecule has 0 bridgehead atoms. The first-order valence-electron chi connectivity index (χ1n) is 6.59. The van der Waals surface area contributed by atoms with Crippen molar-refractivity contribution >= 4 is 0 Å². The fourth-order valence-electron chi connectivity index (χ4n) is 2.60. The van der Waals surface area contributed by atoms with Crippen molar-refractivity contribution in [3.05, 3.63) is 17.5 Å². The summed E-state index contributed by atoms with van der Waals surface area (Å²) in [6.45, 7) is 6.03. The number of aryl methyl sites for hydroxylation is 3. The minimum absolute atomic E-state index is 0.135. The number of nitrogens with one attached hydrogen (secondary N) is 1. The van der Waals surface area contributed by atoms with E-state index in [1.165, 1.54) is 5.69 Å². The number of hydrogen-bond acceptors (Lipinski definition) is 3. The highest BCUT2D eigenvalue weighted by molar-refractivity contribution is 5.06. The molecule has 0 aromatic carbocycles. The van der Waals surface area contributed by atoms with Crippen LogP contribution in [-0.2, 0) is 6.54 Å². The van der Waals surface area contributed by atoms with Crippen LogP contribution in [0, 0.1) is 13.8 Å². The van der Waals surface area contributed by atoms with E-state index < -0.39 is 0 Å². The summed E-state index contributed by atoms with van der Waals surface area (Å²) in [5, 5.41) is 17.5. The molecule has 0 spiro atoms. The minimum Gasteiger partial charge on any atom is -0.392 e. The van der Waals surface area contributed by atoms with Crippen LogP contribution >= 0.6 is 0 Å². The molecule has 1 saturated carbocycles. The topological polar surface area (TPSA) is 50.1 Å². The Morgan fingerprint density at radius 2 is 2.29 bits per heavy atom. The van der Waals surface area contributed by atoms with Gasteiger partial charge in [0.2, 0.25) is 0 Å². The molecule has 1 aromatic rings. The smallest absolute Gasteiger partial charge is 0.0693 e. The van der Waals surface area contributed by atoms with Gasteiger partial charge in [-0.05, 0) is 52.1 Å². The van der Waals surface area contributed by atoms with Gasteiger partial charge in [0.1, 0.15) is 0 Å². The van der Waals surface area contributed by atoms with Crippen molar-refractivity contribution in [2.24, 2.45) is 0 Å². The van der Waals surface area contributed by atoms with Crippen molar-refractivity contribution in [1.29, 1.82) is 0 Å². The second-order valence-corrected chi connectivity index (χ2v) is 5.06. The van der Waals surface area contributed by atoms with E-state index in [1.54, 1.807) is 0 Å². The van der Waals surface area contributed by atoms with E-state index in [0.29, 0.717) is 6.04 Å². The Bertz CT molecular complexity index is 362. The maximum absolute atomic E-state index is 9.67. The number of aliphatic hydroxyl groups is 1. The Labute approximate surface area is 103 Å². The number of aromatic nitrogens is 2. The van der Waals surface area contributed by atoms with Crippen LogP contribution in [-0.4, -0.2) is 33.6 Å². The summed E-state index contributed by atoms with van der Waals surface area (Å²) >= 11 is 0. The summed E-state index contributed by atoms with van der Waals surface area (Å²) in [6, 6.07) is 2.42. The molecule has 0 aliphatic heterocycles. The summed E-state index contributed by atoms with van der Waals surface area (Å²) in [6.07, 6.45) is 4.14. The highest BCUT2D eigenvalue weighted by atomic mass is 16.3. The van der Waals surface area contributed by atoms with Crippen molar-refractivity contribution in [1.82, 2.24) is 15.1 Å². The van der Waals surface area contributed by atoms with Crippen LogP contribution in [0.3, 0.4) is 0 Å². The molecule has 2 N–H and O–H groups in total. The Balaban J connectivity index is 1.68. The van der Waals surface area contributed by atoms with Crippen molar-refractivity contribution in [3.63, 3.8) is 0 Å². The van der Waals surface area contributed by atoms with Crippen molar-refractivity contribution in [2.45, 2.75) is 58.2 Å². The van der Waals surface area contributed by atoms with Gasteiger partial charge in [0, 0.05) is 18.3 Å². The van der Waals surface area contributed by atoms with Gasteiger partial charge in [0.05, 0.1) is 11.8 Å². The molecule has 0 saturated heterocycles. The first-order chi connectivity index (χ1) is 8.16. The standard InChI is InChI=1S/C13H23N3O/c1-10-9-11(2)16(15-10)8-4-7-14-12-5-3-6-13(12)17/h9,12-14,17H,3-8H2,1-2H3/t12-,13-/m1/s1. The van der Waals surface area contributed by atoms with E-state index in [9.17, 15) is 5.11 Å². The van der Waals surface area contributed by atoms with Crippen LogP contribution < -0.4 is 5.32 Å². The molecule has 0 unspecified atom stereocenters. The predicted octanol–water partition coefficient (Wildman–Crippen LogP) is 1.39. The zero-order valence-corrected chi connectivity index (χ0v) is 10.8. The number of aliphatic hydroxyl groups excluding tert-OH is 1. The molecule has 17 heavy (non-hydrogen) atoms. The Morgan fingerprint density at radius 1 is 1.47 bits per heavy atom. The number of nitrogens with zero attached hydrogens (tertiary/aromatic N) is 2. The van der Waals surface area contributed by atoms with E-state index in [0.717, 1.165) is 44.5 Å². The summed E-state index contributed by atoms with van der Waals surface area (Å²) in [5.41, 5.74) is 2.31. The van der Waals surface area contributed by atoms with Gasteiger partial charge in [0.25, 0.3) is 0 Å². The summed E-state index contributed by atoms with van der Waals surface area (Å²) < 4.78 is 2.06. The van der Waals surface area contributed by atoms with Crippen molar-refractivity contribution in [2.75, 3.05) is 6.54 Å². The molecule has 1 heterocycles. The fraction of sp³-hybridized carbons (Fsp3) is 0.769. The number of hydrogen-bond donors (Lipinski definition) is 2. The summed E-state index contributed by atoms with van der Waals surface area (Å²) in [4.78, 5) is 0. The van der Waals surface area contributed by atoms with Crippen LogP contribution in [0.25, 0.3) is 0 Å². The molecule has 1 aliphatic carbocycles. The van der Waals surface area contributed by atoms with Crippen LogP contribution in [0.15, 0.2) is 6.07 Å². The lowest BCUT2D eigenvalue weighted by molar-refractivity contribution is 0.149. The molecule has 1 aromatic heterocycles. The molecule has 4 heteroatoms. The molecule has 0 radical (unpaired) electrons. The van der Waals surface area contributed by atoms with E-state index in [2.05, 4.69) is 28.1 Å². The minimum atomic E-state index is -0.135. The third-order valence-corrected chi connectivity index (χ3v) is 3.54. The van der Waals surface area contributed by atoms with E-state index >= 15 is 0 Å². The van der Waals surface area contributed by atoms with Crippen LogP contribution in [0.4, 0.5) is 0 Å². The maximum atomic E-state index is 9.67. The van der Waals surface area contributed by atoms with Gasteiger partial charge in [-0.15, -0.1) is 0 Å². The van der Waals surface area contributed by atoms with Gasteiger partial charge in [-0.3, -0.25) is 4.68 Å². The maximum Gasteiger partial charge on any atom is 0.0693 e. The summed E-state index contributed by atoms with van der Waals surface area (Å²) in [5.74, 6) is 0. The summed E-state index contributed by atoms with van der Waals surface area (Å²) in [7, 11) is 0. The van der Waals surface area contributed by atoms with E-state index in [-0.39, 0.29) is 6.10 Å². The fourth-order valence-corrected chi connectivity index (χ4v) is 2.60. The van der Waals surface area contributed by atoms with Gasteiger partial charge >= 0.3 is 0 Å². The normalized spacial score (nSPS) is 24.4. The predicted molar refractivity (Wildman–Crippen MR) is 68.0 cm³/mol. The molecule has 0 amide bonds. The largest absolute Gasteiger partial charge is 0.392 e. The van der Waals surface area contributed by atoms with Crippen molar-refractivity contribution in [3.8, 4) is 0 Å². The Hall–Kier alpha value is -0.870. The SMILES string of the molecule is Cc1cc(C)n(CCCN[C@@H]2CCC[C@H]2O)n1. The molecule has 4 nitrogen and oxygen atoms in total. The second kappa shape index (κ2) is 5.65. The average molecular weight is 237 g/mol. The molecular formula is C13H23N3O. The lowest BCUT2D eigenvalue weighted by Crippen LogP contribution is -2.36. The highest BCUT2D eigenvalue weighted by Gasteiger charge is 2.23. The molecule has 1 fully saturated rings. The highest BCUT2D eigenvalue weighted by Crippen LogP contribution is 2.18. The monoisotopic (exact) mass is 237 g/mol. The Morgan fingerprint density at radius 3 is 2.88 bits per heavy atom. The van der Waals surface area contributed by atoms with Crippen molar-refractivity contribution < 1.29 is 5.11 Å². The van der Waals surface area contributed by atoms with Crippen LogP contribution in [0.1, 0.15) is 37.1 Å². The lowest BCUT2D eigenvalue weighted by Gasteiger charge is -2.16. The van der Waals surface area contributed by atoms with Gasteiger partial charge in [-0.25, -0.2) is 0 Å². The van der Waals surface area contributed by atoms with E-state index in [1.807, 2.05) is 6.92 Å². The molecule has 2 rings (SSSR count). The zero-order valence-electron chi connectivity index (χ0n) is 10.8. The number of rotatable bonds is 5. The Kier molecular flexibility index (Phi) is 4.18. The second-order valence-electron chi connectivity index (χ2n) is 5.06. The van der Waals surface area contributed by atoms with Gasteiger partial charge in [0.15, 0.2) is 0 Å². The quantitative estimate of drug-likeness (QED) is 0.761.